The second-order valence-corrected chi connectivity index (χ2v) is 5.23. The number of benzene rings is 1. The van der Waals surface area contributed by atoms with Gasteiger partial charge in [-0.05, 0) is 30.5 Å². The van der Waals surface area contributed by atoms with Crippen LogP contribution in [0.3, 0.4) is 0 Å². The van der Waals surface area contributed by atoms with Crippen molar-refractivity contribution in [2.75, 3.05) is 6.61 Å². The number of aryl methyl sites for hydroxylation is 1. The molecule has 0 aliphatic heterocycles. The Bertz CT molecular complexity index is 605. The fraction of sp³-hybridized carbons (Fsp3) is 0.429. The number of fused-ring (bicyclic) bond motifs is 1. The molecule has 0 N–H and O–H groups in total. The van der Waals surface area contributed by atoms with Crippen LogP contribution in [-0.2, 0) is 10.6 Å². The molecule has 2 rings (SSSR count). The van der Waals surface area contributed by atoms with Crippen molar-refractivity contribution in [1.82, 2.24) is 9.55 Å². The number of nitrogens with zero attached hydrogens (tertiary/aromatic N) is 2. The maximum absolute atomic E-state index is 12.2. The minimum Gasteiger partial charge on any atom is -0.449 e. The fourth-order valence-electron chi connectivity index (χ4n) is 1.83. The minimum absolute atomic E-state index is 0.171. The molecule has 0 aliphatic rings. The van der Waals surface area contributed by atoms with E-state index < -0.39 is 6.09 Å². The number of aromatic nitrogens is 2. The summed E-state index contributed by atoms with van der Waals surface area (Å²) < 4.78 is 6.72. The van der Waals surface area contributed by atoms with Gasteiger partial charge >= 0.3 is 6.09 Å². The fourth-order valence-corrected chi connectivity index (χ4v) is 2.01. The normalized spacial score (nSPS) is 11.2. The molecule has 2 aromatic rings. The number of rotatable bonds is 3. The number of alkyl halides is 1. The zero-order valence-electron chi connectivity index (χ0n) is 11.3. The summed E-state index contributed by atoms with van der Waals surface area (Å²) in [6.45, 7) is 6.33. The molecule has 0 unspecified atom stereocenters. The Kier molecular flexibility index (Phi) is 4.10. The number of halogens is 1. The standard InChI is InChI=1S/C14H17ClN2O2/c1-9(2)8-19-14(18)17-12-6-10(3)4-5-11(12)16-13(17)7-15/h4-6,9H,7-8H2,1-3H3. The molecule has 0 radical (unpaired) electrons. The summed E-state index contributed by atoms with van der Waals surface area (Å²) in [5, 5.41) is 0. The third-order valence-electron chi connectivity index (χ3n) is 2.72. The van der Waals surface area contributed by atoms with Gasteiger partial charge in [0, 0.05) is 0 Å². The molecular weight excluding hydrogens is 264 g/mol. The van der Waals surface area contributed by atoms with E-state index in [-0.39, 0.29) is 5.88 Å². The van der Waals surface area contributed by atoms with Crippen LogP contribution in [0.15, 0.2) is 18.2 Å². The third-order valence-corrected chi connectivity index (χ3v) is 2.96. The molecule has 0 spiro atoms. The van der Waals surface area contributed by atoms with Crippen molar-refractivity contribution in [3.05, 3.63) is 29.6 Å². The smallest absolute Gasteiger partial charge is 0.420 e. The Balaban J connectivity index is 2.44. The van der Waals surface area contributed by atoms with Crippen LogP contribution in [0.4, 0.5) is 4.79 Å². The first-order valence-electron chi connectivity index (χ1n) is 6.24. The molecule has 0 atom stereocenters. The summed E-state index contributed by atoms with van der Waals surface area (Å²) in [4.78, 5) is 16.5. The first-order chi connectivity index (χ1) is 9.02. The Hall–Kier alpha value is -1.55. The first kappa shape index (κ1) is 13.9. The maximum Gasteiger partial charge on any atom is 0.420 e. The second-order valence-electron chi connectivity index (χ2n) is 4.96. The van der Waals surface area contributed by atoms with Gasteiger partial charge in [0.05, 0.1) is 23.5 Å². The highest BCUT2D eigenvalue weighted by Gasteiger charge is 2.17. The van der Waals surface area contributed by atoms with Crippen molar-refractivity contribution in [3.8, 4) is 0 Å². The molecular formula is C14H17ClN2O2. The molecule has 4 nitrogen and oxygen atoms in total. The van der Waals surface area contributed by atoms with Crippen LogP contribution in [0.1, 0.15) is 25.2 Å². The lowest BCUT2D eigenvalue weighted by atomic mass is 10.2. The number of carbonyl (C=O) groups excluding carboxylic acids is 1. The Labute approximate surface area is 117 Å². The van der Waals surface area contributed by atoms with E-state index in [0.29, 0.717) is 18.3 Å². The highest BCUT2D eigenvalue weighted by atomic mass is 35.5. The van der Waals surface area contributed by atoms with Crippen molar-refractivity contribution < 1.29 is 9.53 Å². The summed E-state index contributed by atoms with van der Waals surface area (Å²) in [6, 6.07) is 5.75. The van der Waals surface area contributed by atoms with Crippen LogP contribution in [0.25, 0.3) is 11.0 Å². The number of carbonyl (C=O) groups is 1. The number of hydrogen-bond acceptors (Lipinski definition) is 3. The maximum atomic E-state index is 12.2. The van der Waals surface area contributed by atoms with Gasteiger partial charge in [-0.1, -0.05) is 19.9 Å². The van der Waals surface area contributed by atoms with E-state index in [1.807, 2.05) is 39.0 Å². The molecule has 5 heteroatoms. The van der Waals surface area contributed by atoms with Crippen molar-refractivity contribution in [2.24, 2.45) is 5.92 Å². The summed E-state index contributed by atoms with van der Waals surface area (Å²) in [7, 11) is 0. The molecule has 1 aromatic carbocycles. The van der Waals surface area contributed by atoms with Gasteiger partial charge in [-0.3, -0.25) is 0 Å². The molecule has 0 saturated heterocycles. The molecule has 1 heterocycles. The molecule has 0 saturated carbocycles. The van der Waals surface area contributed by atoms with Crippen LogP contribution in [-0.4, -0.2) is 22.3 Å². The van der Waals surface area contributed by atoms with Crippen molar-refractivity contribution in [3.63, 3.8) is 0 Å². The van der Waals surface area contributed by atoms with E-state index in [1.54, 1.807) is 0 Å². The lowest BCUT2D eigenvalue weighted by molar-refractivity contribution is 0.135. The Morgan fingerprint density at radius 3 is 2.84 bits per heavy atom. The second kappa shape index (κ2) is 5.61. The predicted octanol–water partition coefficient (Wildman–Crippen LogP) is 3.72. The van der Waals surface area contributed by atoms with Gasteiger partial charge in [0.25, 0.3) is 0 Å². The molecule has 102 valence electrons. The monoisotopic (exact) mass is 280 g/mol. The molecule has 0 bridgehead atoms. The van der Waals surface area contributed by atoms with E-state index in [2.05, 4.69) is 4.98 Å². The number of imidazole rings is 1. The molecule has 0 amide bonds. The minimum atomic E-state index is -0.419. The first-order valence-corrected chi connectivity index (χ1v) is 6.77. The van der Waals surface area contributed by atoms with Crippen LogP contribution >= 0.6 is 11.6 Å². The lowest BCUT2D eigenvalue weighted by Crippen LogP contribution is -2.18. The SMILES string of the molecule is Cc1ccc2nc(CCl)n(C(=O)OCC(C)C)c2c1. The highest BCUT2D eigenvalue weighted by molar-refractivity contribution is 6.17. The average Bonchev–Trinajstić information content (AvgIpc) is 2.73. The predicted molar refractivity (Wildman–Crippen MR) is 75.6 cm³/mol. The van der Waals surface area contributed by atoms with E-state index in [4.69, 9.17) is 16.3 Å². The summed E-state index contributed by atoms with van der Waals surface area (Å²) in [5.74, 6) is 0.973. The van der Waals surface area contributed by atoms with Crippen molar-refractivity contribution in [2.45, 2.75) is 26.7 Å². The van der Waals surface area contributed by atoms with Gasteiger partial charge in [0.2, 0.25) is 0 Å². The molecule has 0 fully saturated rings. The molecule has 1 aromatic heterocycles. The van der Waals surface area contributed by atoms with Gasteiger partial charge in [-0.2, -0.15) is 0 Å². The lowest BCUT2D eigenvalue weighted by Gasteiger charge is -2.09. The van der Waals surface area contributed by atoms with Crippen LogP contribution in [0, 0.1) is 12.8 Å². The summed E-state index contributed by atoms with van der Waals surface area (Å²) >= 11 is 5.86. The van der Waals surface area contributed by atoms with Gasteiger partial charge in [0.15, 0.2) is 0 Å². The zero-order chi connectivity index (χ0) is 14.0. The van der Waals surface area contributed by atoms with E-state index >= 15 is 0 Å². The largest absolute Gasteiger partial charge is 0.449 e. The Morgan fingerprint density at radius 1 is 1.47 bits per heavy atom. The average molecular weight is 281 g/mol. The zero-order valence-corrected chi connectivity index (χ0v) is 12.1. The third kappa shape index (κ3) is 2.89. The Morgan fingerprint density at radius 2 is 2.21 bits per heavy atom. The summed E-state index contributed by atoms with van der Waals surface area (Å²) in [6.07, 6.45) is -0.419. The van der Waals surface area contributed by atoms with Gasteiger partial charge < -0.3 is 4.74 Å². The highest BCUT2D eigenvalue weighted by Crippen LogP contribution is 2.19. The van der Waals surface area contributed by atoms with Crippen LogP contribution < -0.4 is 0 Å². The van der Waals surface area contributed by atoms with E-state index in [0.717, 1.165) is 16.6 Å². The summed E-state index contributed by atoms with van der Waals surface area (Å²) in [5.41, 5.74) is 2.55. The van der Waals surface area contributed by atoms with E-state index in [1.165, 1.54) is 4.57 Å². The van der Waals surface area contributed by atoms with Gasteiger partial charge in [-0.25, -0.2) is 14.3 Å². The quantitative estimate of drug-likeness (QED) is 0.805. The van der Waals surface area contributed by atoms with Gasteiger partial charge in [0.1, 0.15) is 5.82 Å². The number of hydrogen-bond donors (Lipinski definition) is 0. The topological polar surface area (TPSA) is 44.1 Å². The van der Waals surface area contributed by atoms with Crippen molar-refractivity contribution >= 4 is 28.7 Å². The van der Waals surface area contributed by atoms with Crippen molar-refractivity contribution in [1.29, 1.82) is 0 Å². The molecule has 19 heavy (non-hydrogen) atoms. The van der Waals surface area contributed by atoms with Gasteiger partial charge in [-0.15, -0.1) is 11.6 Å². The number of ether oxygens (including phenoxy) is 1. The molecule has 0 aliphatic carbocycles. The van der Waals surface area contributed by atoms with Crippen LogP contribution in [0.5, 0.6) is 0 Å². The van der Waals surface area contributed by atoms with E-state index in [9.17, 15) is 4.79 Å². The van der Waals surface area contributed by atoms with Crippen LogP contribution in [0.2, 0.25) is 0 Å².